The average Bonchev–Trinajstić information content (AvgIpc) is 2.44. The van der Waals surface area contributed by atoms with Gasteiger partial charge >= 0.3 is 0 Å². The number of nitrogens with zero attached hydrogens (tertiary/aromatic N) is 1. The molecular formula is C17H25N3O2. The van der Waals surface area contributed by atoms with E-state index in [9.17, 15) is 9.59 Å². The highest BCUT2D eigenvalue weighted by Crippen LogP contribution is 2.26. The maximum absolute atomic E-state index is 12.0. The van der Waals surface area contributed by atoms with Gasteiger partial charge in [0.1, 0.15) is 0 Å². The number of nitrogens with one attached hydrogen (secondary N) is 2. The molecule has 5 heteroatoms. The van der Waals surface area contributed by atoms with E-state index in [0.717, 1.165) is 25.1 Å². The fraction of sp³-hybridized carbons (Fsp3) is 0.529. The summed E-state index contributed by atoms with van der Waals surface area (Å²) in [6.07, 6.45) is 2.47. The van der Waals surface area contributed by atoms with E-state index in [1.807, 2.05) is 39.0 Å². The lowest BCUT2D eigenvalue weighted by atomic mass is 9.92. The first-order chi connectivity index (χ1) is 10.3. The number of fused-ring (bicyclic) bond motifs is 1. The van der Waals surface area contributed by atoms with Crippen LogP contribution in [0, 0.1) is 5.41 Å². The number of hydrogen-bond donors (Lipinski definition) is 2. The largest absolute Gasteiger partial charge is 0.362 e. The maximum atomic E-state index is 12.0. The van der Waals surface area contributed by atoms with Crippen molar-refractivity contribution >= 4 is 17.5 Å². The van der Waals surface area contributed by atoms with E-state index in [0.29, 0.717) is 6.42 Å². The maximum Gasteiger partial charge on any atom is 0.257 e. The predicted octanol–water partition coefficient (Wildman–Crippen LogP) is 2.02. The number of hydrazine groups is 1. The zero-order valence-electron chi connectivity index (χ0n) is 13.6. The molecule has 2 amide bonds. The lowest BCUT2D eigenvalue weighted by Gasteiger charge is -2.30. The zero-order valence-corrected chi connectivity index (χ0v) is 13.6. The van der Waals surface area contributed by atoms with Gasteiger partial charge < -0.3 is 4.90 Å². The number of benzene rings is 1. The van der Waals surface area contributed by atoms with Crippen LogP contribution in [0.5, 0.6) is 0 Å². The minimum absolute atomic E-state index is 0.0966. The van der Waals surface area contributed by atoms with Crippen LogP contribution in [0.1, 0.15) is 39.2 Å². The molecule has 1 aromatic carbocycles. The van der Waals surface area contributed by atoms with Gasteiger partial charge in [0, 0.05) is 18.7 Å². The first kappa shape index (κ1) is 16.3. The highest BCUT2D eigenvalue weighted by atomic mass is 16.2. The Bertz CT molecular complexity index is 549. The zero-order chi connectivity index (χ0) is 16.2. The molecule has 0 saturated heterocycles. The standard InChI is InChI=1S/C17H25N3O2/c1-17(2,3)11-15(21)18-19-16(22)12-20-10-6-8-13-7-4-5-9-14(13)20/h4-5,7,9H,6,8,10-12H2,1-3H3,(H,18,21)(H,19,22). The summed E-state index contributed by atoms with van der Waals surface area (Å²) >= 11 is 0. The number of para-hydroxylation sites is 1. The molecule has 2 rings (SSSR count). The molecule has 1 aromatic rings. The molecule has 2 N–H and O–H groups in total. The van der Waals surface area contributed by atoms with Gasteiger partial charge in [0.25, 0.3) is 5.91 Å². The van der Waals surface area contributed by atoms with Gasteiger partial charge in [-0.25, -0.2) is 0 Å². The molecule has 1 aliphatic heterocycles. The average molecular weight is 303 g/mol. The molecule has 1 aliphatic rings. The predicted molar refractivity (Wildman–Crippen MR) is 87.3 cm³/mol. The van der Waals surface area contributed by atoms with E-state index in [2.05, 4.69) is 21.8 Å². The molecule has 0 aromatic heterocycles. The second kappa shape index (κ2) is 6.81. The van der Waals surface area contributed by atoms with Crippen LogP contribution in [0.25, 0.3) is 0 Å². The second-order valence-corrected chi connectivity index (χ2v) is 6.99. The Morgan fingerprint density at radius 3 is 2.55 bits per heavy atom. The Labute approximate surface area is 132 Å². The van der Waals surface area contributed by atoms with Gasteiger partial charge in [0.05, 0.1) is 6.54 Å². The molecule has 0 spiro atoms. The minimum Gasteiger partial charge on any atom is -0.362 e. The van der Waals surface area contributed by atoms with Crippen molar-refractivity contribution in [1.82, 2.24) is 10.9 Å². The van der Waals surface area contributed by atoms with Crippen molar-refractivity contribution in [2.45, 2.75) is 40.0 Å². The summed E-state index contributed by atoms with van der Waals surface area (Å²) in [7, 11) is 0. The Hall–Kier alpha value is -2.04. The van der Waals surface area contributed by atoms with Crippen molar-refractivity contribution in [3.63, 3.8) is 0 Å². The topological polar surface area (TPSA) is 61.4 Å². The van der Waals surface area contributed by atoms with Crippen molar-refractivity contribution in [2.24, 2.45) is 5.41 Å². The first-order valence-electron chi connectivity index (χ1n) is 7.76. The molecule has 0 aliphatic carbocycles. The number of aryl methyl sites for hydroxylation is 1. The Kier molecular flexibility index (Phi) is 5.06. The number of anilines is 1. The van der Waals surface area contributed by atoms with Crippen molar-refractivity contribution in [3.05, 3.63) is 29.8 Å². The van der Waals surface area contributed by atoms with Gasteiger partial charge in [0.15, 0.2) is 0 Å². The molecule has 120 valence electrons. The summed E-state index contributed by atoms with van der Waals surface area (Å²) in [6.45, 7) is 7.07. The second-order valence-electron chi connectivity index (χ2n) is 6.99. The lowest BCUT2D eigenvalue weighted by Crippen LogP contribution is -2.48. The lowest BCUT2D eigenvalue weighted by molar-refractivity contribution is -0.129. The van der Waals surface area contributed by atoms with Crippen LogP contribution in [0.15, 0.2) is 24.3 Å². The molecule has 0 atom stereocenters. The van der Waals surface area contributed by atoms with Crippen LogP contribution in [-0.2, 0) is 16.0 Å². The molecule has 0 unspecified atom stereocenters. The third-order valence-electron chi connectivity index (χ3n) is 3.57. The van der Waals surface area contributed by atoms with Crippen LogP contribution in [0.2, 0.25) is 0 Å². The van der Waals surface area contributed by atoms with Crippen LogP contribution in [-0.4, -0.2) is 24.9 Å². The summed E-state index contributed by atoms with van der Waals surface area (Å²) in [4.78, 5) is 25.8. The molecular weight excluding hydrogens is 278 g/mol. The van der Waals surface area contributed by atoms with Gasteiger partial charge in [-0.1, -0.05) is 39.0 Å². The normalized spacial score (nSPS) is 14.2. The van der Waals surface area contributed by atoms with Crippen molar-refractivity contribution in [1.29, 1.82) is 0 Å². The molecule has 22 heavy (non-hydrogen) atoms. The summed E-state index contributed by atoms with van der Waals surface area (Å²) in [6, 6.07) is 8.15. The number of amides is 2. The van der Waals surface area contributed by atoms with Crippen LogP contribution in [0.3, 0.4) is 0 Å². The SMILES string of the molecule is CC(C)(C)CC(=O)NNC(=O)CN1CCCc2ccccc21. The monoisotopic (exact) mass is 303 g/mol. The van der Waals surface area contributed by atoms with Crippen molar-refractivity contribution in [3.8, 4) is 0 Å². The van der Waals surface area contributed by atoms with Crippen molar-refractivity contribution < 1.29 is 9.59 Å². The third-order valence-corrected chi connectivity index (χ3v) is 3.57. The Balaban J connectivity index is 1.85. The van der Waals surface area contributed by atoms with E-state index >= 15 is 0 Å². The summed E-state index contributed by atoms with van der Waals surface area (Å²) < 4.78 is 0. The van der Waals surface area contributed by atoms with E-state index in [1.54, 1.807) is 0 Å². The van der Waals surface area contributed by atoms with Crippen LogP contribution < -0.4 is 15.8 Å². The quantitative estimate of drug-likeness (QED) is 0.840. The van der Waals surface area contributed by atoms with E-state index in [1.165, 1.54) is 5.56 Å². The number of carbonyl (C=O) groups is 2. The number of carbonyl (C=O) groups excluding carboxylic acids is 2. The first-order valence-corrected chi connectivity index (χ1v) is 7.76. The third kappa shape index (κ3) is 4.76. The molecule has 0 fully saturated rings. The van der Waals surface area contributed by atoms with E-state index in [4.69, 9.17) is 0 Å². The summed E-state index contributed by atoms with van der Waals surface area (Å²) in [5, 5.41) is 0. The fourth-order valence-corrected chi connectivity index (χ4v) is 2.65. The van der Waals surface area contributed by atoms with Crippen LogP contribution >= 0.6 is 0 Å². The van der Waals surface area contributed by atoms with E-state index < -0.39 is 0 Å². The smallest absolute Gasteiger partial charge is 0.257 e. The molecule has 0 bridgehead atoms. The number of hydrogen-bond acceptors (Lipinski definition) is 3. The Morgan fingerprint density at radius 1 is 1.14 bits per heavy atom. The molecule has 0 saturated carbocycles. The summed E-state index contributed by atoms with van der Waals surface area (Å²) in [5.41, 5.74) is 7.29. The molecule has 0 radical (unpaired) electrons. The van der Waals surface area contributed by atoms with E-state index in [-0.39, 0.29) is 23.8 Å². The van der Waals surface area contributed by atoms with Crippen LogP contribution in [0.4, 0.5) is 5.69 Å². The molecule has 1 heterocycles. The Morgan fingerprint density at radius 2 is 1.82 bits per heavy atom. The van der Waals surface area contributed by atoms with Gasteiger partial charge in [-0.2, -0.15) is 0 Å². The number of rotatable bonds is 3. The van der Waals surface area contributed by atoms with Gasteiger partial charge in [-0.3, -0.25) is 20.4 Å². The minimum atomic E-state index is -0.195. The summed E-state index contributed by atoms with van der Waals surface area (Å²) in [5.74, 6) is -0.362. The highest BCUT2D eigenvalue weighted by Gasteiger charge is 2.20. The van der Waals surface area contributed by atoms with Crippen molar-refractivity contribution in [2.75, 3.05) is 18.0 Å². The highest BCUT2D eigenvalue weighted by molar-refractivity contribution is 5.85. The fourth-order valence-electron chi connectivity index (χ4n) is 2.65. The van der Waals surface area contributed by atoms with Gasteiger partial charge in [0.2, 0.25) is 5.91 Å². The van der Waals surface area contributed by atoms with Gasteiger partial charge in [-0.15, -0.1) is 0 Å². The molecule has 5 nitrogen and oxygen atoms in total. The van der Waals surface area contributed by atoms with Gasteiger partial charge in [-0.05, 0) is 29.9 Å².